The molecule has 0 bridgehead atoms. The Morgan fingerprint density at radius 1 is 1.17 bits per heavy atom. The van der Waals surface area contributed by atoms with Gasteiger partial charge in [-0.2, -0.15) is 0 Å². The van der Waals surface area contributed by atoms with Crippen LogP contribution in [0.4, 0.5) is 0 Å². The molecule has 1 fully saturated rings. The molecule has 74 valence electrons. The lowest BCUT2D eigenvalue weighted by Gasteiger charge is -2.27. The Kier molecular flexibility index (Phi) is 8.28. The molecule has 0 heterocycles. The molecule has 0 aromatic carbocycles. The average Bonchev–Trinajstić information content (AvgIpc) is 2.07. The van der Waals surface area contributed by atoms with Gasteiger partial charge in [-0.25, -0.2) is 0 Å². The van der Waals surface area contributed by atoms with Crippen LogP contribution in [-0.4, -0.2) is 12.3 Å². The molecule has 1 aliphatic rings. The Bertz CT molecular complexity index is 98.0. The van der Waals surface area contributed by atoms with Crippen molar-refractivity contribution in [2.45, 2.75) is 51.1 Å². The third-order valence-electron chi connectivity index (χ3n) is 2.95. The van der Waals surface area contributed by atoms with Gasteiger partial charge in [-0.05, 0) is 43.9 Å². The van der Waals surface area contributed by atoms with Crippen LogP contribution >= 0.6 is 32.6 Å². The summed E-state index contributed by atoms with van der Waals surface area (Å²) in [5.74, 6) is 1.09. The van der Waals surface area contributed by atoms with Crippen molar-refractivity contribution in [1.82, 2.24) is 0 Å². The molecule has 1 unspecified atom stereocenters. The van der Waals surface area contributed by atoms with Crippen LogP contribution in [0.1, 0.15) is 45.4 Å². The van der Waals surface area contributed by atoms with Gasteiger partial charge in [-0.1, -0.05) is 19.8 Å². The zero-order valence-electron chi connectivity index (χ0n) is 8.31. The molecule has 0 aromatic rings. The molecule has 0 N–H and O–H groups in total. The monoisotopic (exact) mass is 300 g/mol. The minimum atomic E-state index is 0. The van der Waals surface area contributed by atoms with Crippen LogP contribution in [-0.2, 0) is 0 Å². The lowest BCUT2D eigenvalue weighted by Crippen LogP contribution is -2.14. The number of hydrogen-bond acceptors (Lipinski definition) is 0. The minimum Gasteiger partial charge on any atom is -0.122 e. The van der Waals surface area contributed by atoms with Gasteiger partial charge in [0.1, 0.15) is 0 Å². The van der Waals surface area contributed by atoms with E-state index in [2.05, 4.69) is 13.6 Å². The Morgan fingerprint density at radius 3 is 2.17 bits per heavy atom. The molecule has 1 aliphatic carbocycles. The maximum Gasteiger partial charge on any atom is -0.0239 e. The summed E-state index contributed by atoms with van der Waals surface area (Å²) in [5, 5.41) is 0. The Balaban J connectivity index is 0.00000121. The highest BCUT2D eigenvalue weighted by Gasteiger charge is 2.18. The van der Waals surface area contributed by atoms with Gasteiger partial charge in [0.05, 0.1) is 0 Å². The van der Waals surface area contributed by atoms with Crippen molar-refractivity contribution >= 4 is 32.6 Å². The summed E-state index contributed by atoms with van der Waals surface area (Å²) in [4.78, 5) is 0. The van der Waals surface area contributed by atoms with E-state index in [0.29, 0.717) is 0 Å². The first-order valence-corrected chi connectivity index (χ1v) is 6.61. The summed E-state index contributed by atoms with van der Waals surface area (Å²) in [6, 6.07) is 0. The summed E-state index contributed by atoms with van der Waals surface area (Å²) in [7, 11) is 1.20. The Morgan fingerprint density at radius 2 is 1.75 bits per heavy atom. The van der Waals surface area contributed by atoms with Crippen molar-refractivity contribution < 1.29 is 0 Å². The molecule has 0 spiro atoms. The first-order chi connectivity index (χ1) is 5.36. The van der Waals surface area contributed by atoms with E-state index in [-0.39, 0.29) is 24.0 Å². The van der Waals surface area contributed by atoms with Gasteiger partial charge in [-0.3, -0.25) is 0 Å². The van der Waals surface area contributed by atoms with E-state index in [1.807, 2.05) is 0 Å². The Labute approximate surface area is 96.1 Å². The maximum atomic E-state index is 2.37. The van der Waals surface area contributed by atoms with Gasteiger partial charge in [0.25, 0.3) is 0 Å². The van der Waals surface area contributed by atoms with Gasteiger partial charge < -0.3 is 0 Å². The van der Waals surface area contributed by atoms with Crippen molar-refractivity contribution in [2.24, 2.45) is 5.92 Å². The van der Waals surface area contributed by atoms with Gasteiger partial charge >= 0.3 is 0 Å². The predicted molar refractivity (Wildman–Crippen MR) is 70.3 cm³/mol. The van der Waals surface area contributed by atoms with Crippen LogP contribution in [0.3, 0.4) is 0 Å². The highest BCUT2D eigenvalue weighted by molar-refractivity contribution is 14.0. The molecular formula is C10H22IP. The van der Waals surface area contributed by atoms with E-state index in [1.54, 1.807) is 0 Å². The molecule has 1 saturated carbocycles. The molecule has 0 amide bonds. The molecular weight excluding hydrogens is 278 g/mol. The molecule has 0 aromatic heterocycles. The predicted octanol–water partition coefficient (Wildman–Crippen LogP) is 4.27. The van der Waals surface area contributed by atoms with Gasteiger partial charge in [-0.15, -0.1) is 32.6 Å². The second-order valence-corrected chi connectivity index (χ2v) is 5.19. The van der Waals surface area contributed by atoms with Crippen LogP contribution in [0, 0.1) is 5.92 Å². The summed E-state index contributed by atoms with van der Waals surface area (Å²) >= 11 is 0. The van der Waals surface area contributed by atoms with E-state index in [4.69, 9.17) is 0 Å². The Hall–Kier alpha value is 1.16. The number of halogens is 1. The molecule has 0 radical (unpaired) electrons. The number of rotatable bonds is 3. The second-order valence-electron chi connectivity index (χ2n) is 3.79. The molecule has 0 saturated heterocycles. The summed E-state index contributed by atoms with van der Waals surface area (Å²) in [5.41, 5.74) is 1.10. The third-order valence-corrected chi connectivity index (χ3v) is 4.35. The van der Waals surface area contributed by atoms with Gasteiger partial charge in [0.15, 0.2) is 0 Å². The van der Waals surface area contributed by atoms with Gasteiger partial charge in [0, 0.05) is 0 Å². The highest BCUT2D eigenvalue weighted by atomic mass is 127. The molecule has 2 heteroatoms. The van der Waals surface area contributed by atoms with E-state index >= 15 is 0 Å². The second kappa shape index (κ2) is 7.55. The fourth-order valence-electron chi connectivity index (χ4n) is 2.15. The van der Waals surface area contributed by atoms with Crippen LogP contribution in [0.2, 0.25) is 0 Å². The van der Waals surface area contributed by atoms with E-state index in [1.165, 1.54) is 47.1 Å². The first kappa shape index (κ1) is 13.2. The average molecular weight is 300 g/mol. The van der Waals surface area contributed by atoms with Crippen molar-refractivity contribution in [3.8, 4) is 0 Å². The normalized spacial score (nSPS) is 30.5. The van der Waals surface area contributed by atoms with E-state index in [9.17, 15) is 0 Å². The molecule has 0 aliphatic heterocycles. The summed E-state index contributed by atoms with van der Waals surface area (Å²) in [6.45, 7) is 4.68. The summed E-state index contributed by atoms with van der Waals surface area (Å²) in [6.07, 6.45) is 8.99. The fourth-order valence-corrected chi connectivity index (χ4v) is 3.06. The largest absolute Gasteiger partial charge is 0.122 e. The zero-order valence-corrected chi connectivity index (χ0v) is 11.6. The highest BCUT2D eigenvalue weighted by Crippen LogP contribution is 2.35. The van der Waals surface area contributed by atoms with Crippen LogP contribution < -0.4 is 0 Å². The third kappa shape index (κ3) is 4.41. The zero-order chi connectivity index (χ0) is 8.10. The van der Waals surface area contributed by atoms with Crippen LogP contribution in [0.25, 0.3) is 0 Å². The molecule has 1 atom stereocenters. The van der Waals surface area contributed by atoms with Crippen molar-refractivity contribution in [1.29, 1.82) is 0 Å². The molecule has 12 heavy (non-hydrogen) atoms. The number of hydrogen-bond donors (Lipinski definition) is 0. The van der Waals surface area contributed by atoms with Crippen LogP contribution in [0.15, 0.2) is 0 Å². The fraction of sp³-hybridized carbons (Fsp3) is 1.00. The summed E-state index contributed by atoms with van der Waals surface area (Å²) < 4.78 is 0. The lowest BCUT2D eigenvalue weighted by atomic mass is 9.86. The van der Waals surface area contributed by atoms with Crippen molar-refractivity contribution in [3.63, 3.8) is 0 Å². The van der Waals surface area contributed by atoms with Crippen molar-refractivity contribution in [3.05, 3.63) is 0 Å². The van der Waals surface area contributed by atoms with E-state index in [0.717, 1.165) is 11.6 Å². The smallest absolute Gasteiger partial charge is 0.0239 e. The standard InChI is InChI=1S/C10H21P.HI/c1-3-4-9-5-7-10(11-2)8-6-9;/h9-11H,3-8H2,1-2H3;1H/t9-,10-;. The lowest BCUT2D eigenvalue weighted by molar-refractivity contribution is 0.342. The first-order valence-electron chi connectivity index (χ1n) is 5.04. The van der Waals surface area contributed by atoms with Crippen LogP contribution in [0.5, 0.6) is 0 Å². The quantitative estimate of drug-likeness (QED) is 0.539. The SMILES string of the molecule is CCC[C@H]1CC[C@H](PC)CC1.I. The molecule has 0 nitrogen and oxygen atoms in total. The van der Waals surface area contributed by atoms with Crippen molar-refractivity contribution in [2.75, 3.05) is 6.66 Å². The maximum absolute atomic E-state index is 2.37. The minimum absolute atomic E-state index is 0. The van der Waals surface area contributed by atoms with Gasteiger partial charge in [0.2, 0.25) is 0 Å². The topological polar surface area (TPSA) is 0 Å². The molecule has 1 rings (SSSR count). The van der Waals surface area contributed by atoms with E-state index < -0.39 is 0 Å².